The molecule has 0 heterocycles. The van der Waals surface area contributed by atoms with Gasteiger partial charge in [0.15, 0.2) is 0 Å². The minimum absolute atomic E-state index is 0.0529. The molecular weight excluding hydrogens is 426 g/mol. The summed E-state index contributed by atoms with van der Waals surface area (Å²) in [6.45, 7) is 9.78. The highest BCUT2D eigenvalue weighted by molar-refractivity contribution is 7.89. The second-order valence-electron chi connectivity index (χ2n) is 7.95. The Balaban J connectivity index is 2.19. The Hall–Kier alpha value is -2.71. The highest BCUT2D eigenvalue weighted by Crippen LogP contribution is 2.18. The molecule has 2 aromatic rings. The number of hydrogen-bond acceptors (Lipinski definition) is 4. The molecule has 0 bridgehead atoms. The second-order valence-corrected chi connectivity index (χ2v) is 9.89. The number of sulfonamides is 1. The summed E-state index contributed by atoms with van der Waals surface area (Å²) >= 11 is 0. The van der Waals surface area contributed by atoms with E-state index in [1.807, 2.05) is 51.1 Å². The van der Waals surface area contributed by atoms with Crippen LogP contribution in [0.3, 0.4) is 0 Å². The van der Waals surface area contributed by atoms with Crippen LogP contribution in [0, 0.1) is 5.92 Å². The van der Waals surface area contributed by atoms with E-state index in [2.05, 4.69) is 10.6 Å². The third-order valence-electron chi connectivity index (χ3n) is 5.33. The van der Waals surface area contributed by atoms with Gasteiger partial charge >= 0.3 is 0 Å². The Morgan fingerprint density at radius 3 is 2.09 bits per heavy atom. The molecule has 0 saturated carbocycles. The SMILES string of the molecule is CCN(CC)S(=O)(=O)c1cccc(C(=O)N[C@H](C(=O)N[C@@H](C)c2ccccc2)C(C)C)c1. The first kappa shape index (κ1) is 25.5. The van der Waals surface area contributed by atoms with Gasteiger partial charge in [-0.05, 0) is 36.6 Å². The molecule has 2 rings (SSSR count). The second kappa shape index (κ2) is 11.2. The number of carbonyl (C=O) groups is 2. The lowest BCUT2D eigenvalue weighted by Gasteiger charge is -2.24. The van der Waals surface area contributed by atoms with Crippen molar-refractivity contribution < 1.29 is 18.0 Å². The molecule has 0 aliphatic rings. The monoisotopic (exact) mass is 459 g/mol. The van der Waals surface area contributed by atoms with Gasteiger partial charge in [-0.1, -0.05) is 64.1 Å². The lowest BCUT2D eigenvalue weighted by atomic mass is 10.0. The van der Waals surface area contributed by atoms with Gasteiger partial charge in [-0.15, -0.1) is 0 Å². The Labute approximate surface area is 191 Å². The summed E-state index contributed by atoms with van der Waals surface area (Å²) in [5.74, 6) is -0.955. The van der Waals surface area contributed by atoms with E-state index in [9.17, 15) is 18.0 Å². The first-order valence-corrected chi connectivity index (χ1v) is 12.3. The fourth-order valence-corrected chi connectivity index (χ4v) is 4.90. The molecule has 0 fully saturated rings. The standard InChI is InChI=1S/C24H33N3O4S/c1-6-27(7-2)32(30,31)21-15-11-14-20(16-21)23(28)26-22(17(3)4)24(29)25-18(5)19-12-9-8-10-13-19/h8-18,22H,6-7H2,1-5H3,(H,25,29)(H,26,28)/t18-,22-/m0/s1. The summed E-state index contributed by atoms with van der Waals surface area (Å²) in [5, 5.41) is 5.71. The Morgan fingerprint density at radius 2 is 1.53 bits per heavy atom. The zero-order valence-electron chi connectivity index (χ0n) is 19.3. The molecule has 8 heteroatoms. The van der Waals surface area contributed by atoms with Gasteiger partial charge in [0, 0.05) is 18.7 Å². The van der Waals surface area contributed by atoms with Crippen molar-refractivity contribution in [2.75, 3.05) is 13.1 Å². The average molecular weight is 460 g/mol. The first-order valence-electron chi connectivity index (χ1n) is 10.9. The number of hydrogen-bond donors (Lipinski definition) is 2. The van der Waals surface area contributed by atoms with Gasteiger partial charge in [-0.25, -0.2) is 8.42 Å². The van der Waals surface area contributed by atoms with Crippen molar-refractivity contribution in [3.05, 3.63) is 65.7 Å². The number of nitrogens with zero attached hydrogens (tertiary/aromatic N) is 1. The summed E-state index contributed by atoms with van der Waals surface area (Å²) in [5.41, 5.74) is 1.15. The molecule has 32 heavy (non-hydrogen) atoms. The largest absolute Gasteiger partial charge is 0.348 e. The molecule has 174 valence electrons. The summed E-state index contributed by atoms with van der Waals surface area (Å²) in [4.78, 5) is 25.9. The zero-order valence-corrected chi connectivity index (χ0v) is 20.1. The molecule has 7 nitrogen and oxygen atoms in total. The minimum Gasteiger partial charge on any atom is -0.348 e. The maximum atomic E-state index is 12.9. The van der Waals surface area contributed by atoms with Crippen LogP contribution in [-0.4, -0.2) is 43.7 Å². The number of nitrogens with one attached hydrogen (secondary N) is 2. The Kier molecular flexibility index (Phi) is 8.98. The van der Waals surface area contributed by atoms with Crippen LogP contribution in [0.5, 0.6) is 0 Å². The fourth-order valence-electron chi connectivity index (χ4n) is 3.40. The Bertz CT molecular complexity index is 1020. The van der Waals surface area contributed by atoms with E-state index in [1.165, 1.54) is 22.5 Å². The molecule has 0 aliphatic heterocycles. The van der Waals surface area contributed by atoms with Crippen LogP contribution in [0.1, 0.15) is 56.6 Å². The van der Waals surface area contributed by atoms with Crippen molar-refractivity contribution in [2.45, 2.75) is 51.6 Å². The molecule has 0 aliphatic carbocycles. The van der Waals surface area contributed by atoms with Crippen LogP contribution in [0.4, 0.5) is 0 Å². The maximum absolute atomic E-state index is 12.9. The third kappa shape index (κ3) is 6.17. The Morgan fingerprint density at radius 1 is 0.906 bits per heavy atom. The molecular formula is C24H33N3O4S. The number of amides is 2. The number of rotatable bonds is 10. The van der Waals surface area contributed by atoms with Gasteiger partial charge < -0.3 is 10.6 Å². The topological polar surface area (TPSA) is 95.6 Å². The molecule has 0 unspecified atom stereocenters. The number of carbonyl (C=O) groups excluding carboxylic acids is 2. The van der Waals surface area contributed by atoms with E-state index in [4.69, 9.17) is 0 Å². The van der Waals surface area contributed by atoms with Crippen molar-refractivity contribution in [3.63, 3.8) is 0 Å². The van der Waals surface area contributed by atoms with Crippen molar-refractivity contribution in [1.29, 1.82) is 0 Å². The predicted molar refractivity (Wildman–Crippen MR) is 126 cm³/mol. The van der Waals surface area contributed by atoms with Gasteiger partial charge in [0.05, 0.1) is 10.9 Å². The van der Waals surface area contributed by atoms with Gasteiger partial charge in [0.1, 0.15) is 6.04 Å². The average Bonchev–Trinajstić information content (AvgIpc) is 2.78. The maximum Gasteiger partial charge on any atom is 0.251 e. The van der Waals surface area contributed by atoms with Crippen molar-refractivity contribution >= 4 is 21.8 Å². The molecule has 0 aromatic heterocycles. The van der Waals surface area contributed by atoms with Crippen LogP contribution in [0.2, 0.25) is 0 Å². The molecule has 2 amide bonds. The van der Waals surface area contributed by atoms with Crippen LogP contribution in [-0.2, 0) is 14.8 Å². The van der Waals surface area contributed by atoms with E-state index in [1.54, 1.807) is 19.9 Å². The highest BCUT2D eigenvalue weighted by Gasteiger charge is 2.27. The van der Waals surface area contributed by atoms with E-state index in [0.29, 0.717) is 13.1 Å². The van der Waals surface area contributed by atoms with E-state index >= 15 is 0 Å². The molecule has 2 atom stereocenters. The smallest absolute Gasteiger partial charge is 0.251 e. The molecule has 2 N–H and O–H groups in total. The molecule has 0 saturated heterocycles. The summed E-state index contributed by atoms with van der Waals surface area (Å²) in [7, 11) is -3.69. The summed E-state index contributed by atoms with van der Waals surface area (Å²) in [6, 6.07) is 14.5. The molecule has 0 spiro atoms. The quantitative estimate of drug-likeness (QED) is 0.570. The van der Waals surface area contributed by atoms with Crippen LogP contribution in [0.25, 0.3) is 0 Å². The van der Waals surface area contributed by atoms with Crippen molar-refractivity contribution in [2.24, 2.45) is 5.92 Å². The van der Waals surface area contributed by atoms with Gasteiger partial charge in [-0.2, -0.15) is 4.31 Å². The summed E-state index contributed by atoms with van der Waals surface area (Å²) in [6.07, 6.45) is 0. The minimum atomic E-state index is -3.69. The van der Waals surface area contributed by atoms with Gasteiger partial charge in [0.2, 0.25) is 15.9 Å². The van der Waals surface area contributed by atoms with E-state index < -0.39 is 22.0 Å². The zero-order chi connectivity index (χ0) is 23.9. The highest BCUT2D eigenvalue weighted by atomic mass is 32.2. The van der Waals surface area contributed by atoms with Crippen molar-refractivity contribution in [1.82, 2.24) is 14.9 Å². The number of benzene rings is 2. The molecule has 0 radical (unpaired) electrons. The fraction of sp³-hybridized carbons (Fsp3) is 0.417. The van der Waals surface area contributed by atoms with Gasteiger partial charge in [0.25, 0.3) is 5.91 Å². The lowest BCUT2D eigenvalue weighted by Crippen LogP contribution is -2.50. The van der Waals surface area contributed by atoms with Crippen molar-refractivity contribution in [3.8, 4) is 0 Å². The van der Waals surface area contributed by atoms with E-state index in [0.717, 1.165) is 5.56 Å². The normalized spacial score (nSPS) is 13.6. The predicted octanol–water partition coefficient (Wildman–Crippen LogP) is 3.35. The lowest BCUT2D eigenvalue weighted by molar-refractivity contribution is -0.124. The van der Waals surface area contributed by atoms with E-state index in [-0.39, 0.29) is 28.3 Å². The third-order valence-corrected chi connectivity index (χ3v) is 7.38. The summed E-state index contributed by atoms with van der Waals surface area (Å²) < 4.78 is 26.9. The van der Waals surface area contributed by atoms with Crippen LogP contribution < -0.4 is 10.6 Å². The first-order chi connectivity index (χ1) is 15.1. The van der Waals surface area contributed by atoms with Crippen LogP contribution >= 0.6 is 0 Å². The van der Waals surface area contributed by atoms with Crippen LogP contribution in [0.15, 0.2) is 59.5 Å². The van der Waals surface area contributed by atoms with Gasteiger partial charge in [-0.3, -0.25) is 9.59 Å². The molecule has 2 aromatic carbocycles.